The van der Waals surface area contributed by atoms with E-state index in [1.165, 1.54) is 0 Å². The van der Waals surface area contributed by atoms with Crippen molar-refractivity contribution in [2.24, 2.45) is 7.05 Å². The van der Waals surface area contributed by atoms with E-state index in [-0.39, 0.29) is 12.1 Å². The van der Waals surface area contributed by atoms with Gasteiger partial charge < -0.3 is 19.3 Å². The van der Waals surface area contributed by atoms with E-state index in [2.05, 4.69) is 9.88 Å². The van der Waals surface area contributed by atoms with Crippen molar-refractivity contribution >= 4 is 29.3 Å². The highest BCUT2D eigenvalue weighted by Gasteiger charge is 2.39. The number of halogens is 1. The van der Waals surface area contributed by atoms with E-state index in [1.54, 1.807) is 30.5 Å². The predicted molar refractivity (Wildman–Crippen MR) is 148 cm³/mol. The number of aromatic nitrogens is 3. The Morgan fingerprint density at radius 2 is 1.87 bits per heavy atom. The van der Waals surface area contributed by atoms with E-state index in [0.717, 1.165) is 28.0 Å². The highest BCUT2D eigenvalue weighted by molar-refractivity contribution is 6.30. The van der Waals surface area contributed by atoms with E-state index < -0.39 is 11.2 Å². The monoisotopic (exact) mass is 535 g/mol. The summed E-state index contributed by atoms with van der Waals surface area (Å²) in [6.07, 6.45) is 6.90. The number of hydrogen-bond donors (Lipinski definition) is 1. The summed E-state index contributed by atoms with van der Waals surface area (Å²) >= 11 is 6.54. The Hall–Kier alpha value is -3.20. The second-order valence-electron chi connectivity index (χ2n) is 11.1. The molecule has 2 aromatic heterocycles. The Kier molecular flexibility index (Phi) is 6.84. The molecule has 1 unspecified atom stereocenters. The molecule has 1 aromatic carbocycles. The molecule has 1 aliphatic heterocycles. The van der Waals surface area contributed by atoms with Crippen molar-refractivity contribution in [2.75, 3.05) is 26.2 Å². The van der Waals surface area contributed by atoms with Crippen LogP contribution in [0.2, 0.25) is 5.02 Å². The molecule has 2 aliphatic rings. The van der Waals surface area contributed by atoms with Crippen molar-refractivity contribution in [3.8, 4) is 0 Å². The summed E-state index contributed by atoms with van der Waals surface area (Å²) in [6.45, 7) is 9.81. The van der Waals surface area contributed by atoms with Gasteiger partial charge in [0.05, 0.1) is 30.0 Å². The molecule has 0 radical (unpaired) electrons. The zero-order valence-corrected chi connectivity index (χ0v) is 23.2. The average molecular weight is 536 g/mol. The van der Waals surface area contributed by atoms with Gasteiger partial charge in [-0.1, -0.05) is 23.7 Å². The van der Waals surface area contributed by atoms with Gasteiger partial charge in [0, 0.05) is 44.4 Å². The maximum absolute atomic E-state index is 12.7. The number of imidazole rings is 1. The van der Waals surface area contributed by atoms with Gasteiger partial charge in [0.25, 0.3) is 0 Å². The molecular weight excluding hydrogens is 502 g/mol. The number of amides is 1. The topological polar surface area (TPSA) is 83.7 Å². The van der Waals surface area contributed by atoms with Crippen molar-refractivity contribution in [3.63, 3.8) is 0 Å². The summed E-state index contributed by atoms with van der Waals surface area (Å²) in [5.41, 5.74) is 3.21. The molecule has 1 saturated heterocycles. The normalized spacial score (nSPS) is 19.6. The molecule has 5 rings (SSSR count). The third-order valence-corrected chi connectivity index (χ3v) is 7.44. The number of fused-ring (bicyclic) bond motifs is 2. The van der Waals surface area contributed by atoms with Crippen LogP contribution in [0.5, 0.6) is 0 Å². The van der Waals surface area contributed by atoms with E-state index in [9.17, 15) is 9.90 Å². The Balaban J connectivity index is 1.57. The van der Waals surface area contributed by atoms with Crippen LogP contribution < -0.4 is 0 Å². The number of piperazine rings is 1. The molecule has 3 aromatic rings. The molecule has 1 amide bonds. The van der Waals surface area contributed by atoms with Gasteiger partial charge in [-0.3, -0.25) is 9.88 Å². The fourth-order valence-electron chi connectivity index (χ4n) is 5.39. The minimum atomic E-state index is -1.35. The van der Waals surface area contributed by atoms with Crippen molar-refractivity contribution in [1.29, 1.82) is 0 Å². The minimum Gasteiger partial charge on any atom is -0.444 e. The lowest BCUT2D eigenvalue weighted by atomic mass is 9.84. The molecule has 9 heteroatoms. The first-order valence-electron chi connectivity index (χ1n) is 12.8. The Morgan fingerprint density at radius 1 is 1.13 bits per heavy atom. The molecule has 8 nitrogen and oxygen atoms in total. The fourth-order valence-corrected chi connectivity index (χ4v) is 5.56. The number of carbonyl (C=O) groups is 1. The van der Waals surface area contributed by atoms with Crippen molar-refractivity contribution in [3.05, 3.63) is 82.2 Å². The molecule has 1 N–H and O–H groups in total. The first-order chi connectivity index (χ1) is 18.0. The highest BCUT2D eigenvalue weighted by Crippen LogP contribution is 2.46. The maximum atomic E-state index is 12.7. The summed E-state index contributed by atoms with van der Waals surface area (Å²) in [7, 11) is 1.87. The van der Waals surface area contributed by atoms with Crippen LogP contribution in [-0.2, 0) is 17.4 Å². The lowest BCUT2D eigenvalue weighted by Gasteiger charge is -2.40. The molecule has 0 saturated carbocycles. The lowest BCUT2D eigenvalue weighted by Crippen LogP contribution is -2.51. The molecule has 1 aliphatic carbocycles. The van der Waals surface area contributed by atoms with Gasteiger partial charge in [-0.25, -0.2) is 9.78 Å². The van der Waals surface area contributed by atoms with Crippen LogP contribution in [0.3, 0.4) is 0 Å². The summed E-state index contributed by atoms with van der Waals surface area (Å²) in [4.78, 5) is 25.9. The Labute approximate surface area is 228 Å². The first kappa shape index (κ1) is 26.4. The zero-order chi connectivity index (χ0) is 27.2. The molecule has 3 heterocycles. The standard InChI is InChI=1S/C29H34ClN5O3/c1-28(2,3)38-27(36)35-13-11-34(12-14-35)26-21-9-8-20(30)16-22(21)23(15-19-7-6-10-32-25(19)26)29(4,37)24-17-31-18-33(24)5/h6-10,15-18,26,37H,11-14H2,1-5H3/t26-,29?/m0/s1. The van der Waals surface area contributed by atoms with Crippen LogP contribution in [0.15, 0.2) is 49.1 Å². The predicted octanol–water partition coefficient (Wildman–Crippen LogP) is 4.87. The van der Waals surface area contributed by atoms with E-state index >= 15 is 0 Å². The number of rotatable bonds is 3. The number of carbonyl (C=O) groups excluding carboxylic acids is 1. The maximum Gasteiger partial charge on any atom is 0.410 e. The third-order valence-electron chi connectivity index (χ3n) is 7.20. The van der Waals surface area contributed by atoms with Gasteiger partial charge in [0.1, 0.15) is 11.2 Å². The largest absolute Gasteiger partial charge is 0.444 e. The number of pyridine rings is 1. The highest BCUT2D eigenvalue weighted by atomic mass is 35.5. The summed E-state index contributed by atoms with van der Waals surface area (Å²) < 4.78 is 7.43. The van der Waals surface area contributed by atoms with Gasteiger partial charge in [-0.2, -0.15) is 0 Å². The van der Waals surface area contributed by atoms with E-state index in [4.69, 9.17) is 21.3 Å². The number of nitrogens with zero attached hydrogens (tertiary/aromatic N) is 5. The van der Waals surface area contributed by atoms with Crippen LogP contribution in [0, 0.1) is 0 Å². The van der Waals surface area contributed by atoms with Crippen molar-refractivity contribution < 1.29 is 14.6 Å². The number of hydrogen-bond acceptors (Lipinski definition) is 6. The quantitative estimate of drug-likeness (QED) is 0.515. The van der Waals surface area contributed by atoms with Gasteiger partial charge in [0.2, 0.25) is 0 Å². The van der Waals surface area contributed by atoms with Gasteiger partial charge >= 0.3 is 6.09 Å². The summed E-state index contributed by atoms with van der Waals surface area (Å²) in [6, 6.07) is 9.58. The summed E-state index contributed by atoms with van der Waals surface area (Å²) in [5, 5.41) is 12.6. The van der Waals surface area contributed by atoms with Crippen LogP contribution in [0.4, 0.5) is 4.79 Å². The van der Waals surface area contributed by atoms with Crippen LogP contribution in [0.1, 0.15) is 61.8 Å². The third kappa shape index (κ3) is 4.96. The Morgan fingerprint density at radius 3 is 2.53 bits per heavy atom. The number of benzene rings is 1. The van der Waals surface area contributed by atoms with E-state index in [0.29, 0.717) is 36.9 Å². The zero-order valence-electron chi connectivity index (χ0n) is 22.5. The minimum absolute atomic E-state index is 0.185. The van der Waals surface area contributed by atoms with Gasteiger partial charge in [-0.05, 0) is 74.2 Å². The average Bonchev–Trinajstić information content (AvgIpc) is 3.24. The molecule has 2 atom stereocenters. The second kappa shape index (κ2) is 9.84. The number of aryl methyl sites for hydroxylation is 1. The molecule has 0 spiro atoms. The van der Waals surface area contributed by atoms with Crippen LogP contribution in [-0.4, -0.2) is 67.3 Å². The molecule has 1 fully saturated rings. The molecular formula is C29H34ClN5O3. The molecule has 200 valence electrons. The second-order valence-corrected chi connectivity index (χ2v) is 11.6. The fraction of sp³-hybridized carbons (Fsp3) is 0.414. The number of ether oxygens (including phenoxy) is 1. The van der Waals surface area contributed by atoms with Gasteiger partial charge in [-0.15, -0.1) is 0 Å². The summed E-state index contributed by atoms with van der Waals surface area (Å²) in [5.74, 6) is 0. The smallest absolute Gasteiger partial charge is 0.410 e. The Bertz CT molecular complexity index is 1380. The molecule has 0 bridgehead atoms. The van der Waals surface area contributed by atoms with E-state index in [1.807, 2.05) is 68.8 Å². The van der Waals surface area contributed by atoms with Crippen molar-refractivity contribution in [1.82, 2.24) is 24.3 Å². The van der Waals surface area contributed by atoms with Gasteiger partial charge in [0.15, 0.2) is 0 Å². The van der Waals surface area contributed by atoms with Crippen LogP contribution >= 0.6 is 11.6 Å². The molecule has 38 heavy (non-hydrogen) atoms. The van der Waals surface area contributed by atoms with Crippen molar-refractivity contribution in [2.45, 2.75) is 44.9 Å². The lowest BCUT2D eigenvalue weighted by molar-refractivity contribution is 0.0117. The first-order valence-corrected chi connectivity index (χ1v) is 13.2. The van der Waals surface area contributed by atoms with Crippen LogP contribution in [0.25, 0.3) is 11.6 Å². The number of aliphatic hydroxyl groups is 1. The SMILES string of the molecule is Cn1cncc1C(C)(O)C1=Cc2cccnc2[C@@H](N2CCN(C(=O)OC(C)(C)C)CC2)c2ccc(Cl)cc21.